The van der Waals surface area contributed by atoms with E-state index in [1.165, 1.54) is 22.7 Å². The monoisotopic (exact) mass is 394 g/mol. The van der Waals surface area contributed by atoms with Gasteiger partial charge in [-0.2, -0.15) is 17.0 Å². The zero-order chi connectivity index (χ0) is 20.0. The standard InChI is InChI=1S/C18H26N4O4S/c1-4-11-19-18(24)15-7-5-6-8-16(15)20-17(23)14-9-12-22(13-10-14)27(25,26)21(2)3/h4-8,14H,1,9-13H2,2-3H3,(H,19,24)(H,20,23). The second-order valence-corrected chi connectivity index (χ2v) is 8.64. The summed E-state index contributed by atoms with van der Waals surface area (Å²) >= 11 is 0. The van der Waals surface area contributed by atoms with E-state index in [1.54, 1.807) is 30.3 Å². The van der Waals surface area contributed by atoms with Crippen LogP contribution in [0.3, 0.4) is 0 Å². The lowest BCUT2D eigenvalue weighted by molar-refractivity contribution is -0.120. The maximum atomic E-state index is 12.6. The van der Waals surface area contributed by atoms with Crippen molar-refractivity contribution in [2.75, 3.05) is 39.0 Å². The molecule has 8 nitrogen and oxygen atoms in total. The number of piperidine rings is 1. The molecule has 0 bridgehead atoms. The van der Waals surface area contributed by atoms with Gasteiger partial charge in [0, 0.05) is 39.6 Å². The van der Waals surface area contributed by atoms with Gasteiger partial charge < -0.3 is 10.6 Å². The van der Waals surface area contributed by atoms with Crippen LogP contribution >= 0.6 is 0 Å². The Morgan fingerprint density at radius 2 is 1.89 bits per heavy atom. The SMILES string of the molecule is C=CCNC(=O)c1ccccc1NC(=O)C1CCN(S(=O)(=O)N(C)C)CC1. The number of para-hydroxylation sites is 1. The van der Waals surface area contributed by atoms with Crippen molar-refractivity contribution in [3.8, 4) is 0 Å². The number of benzene rings is 1. The number of amides is 2. The van der Waals surface area contributed by atoms with E-state index in [4.69, 9.17) is 0 Å². The molecule has 0 spiro atoms. The molecule has 0 aromatic heterocycles. The molecule has 0 unspecified atom stereocenters. The number of nitrogens with one attached hydrogen (secondary N) is 2. The molecule has 2 rings (SSSR count). The molecule has 1 aromatic carbocycles. The molecular formula is C18H26N4O4S. The molecule has 1 fully saturated rings. The van der Waals surface area contributed by atoms with Crippen LogP contribution in [-0.2, 0) is 15.0 Å². The normalized spacial score (nSPS) is 16.1. The van der Waals surface area contributed by atoms with Gasteiger partial charge in [0.15, 0.2) is 0 Å². The van der Waals surface area contributed by atoms with Gasteiger partial charge in [-0.3, -0.25) is 9.59 Å². The minimum atomic E-state index is -3.46. The Hall–Kier alpha value is -2.23. The summed E-state index contributed by atoms with van der Waals surface area (Å²) in [5.74, 6) is -0.804. The third-order valence-corrected chi connectivity index (χ3v) is 6.39. The van der Waals surface area contributed by atoms with Crippen molar-refractivity contribution in [1.82, 2.24) is 13.9 Å². The van der Waals surface area contributed by atoms with Crippen LogP contribution in [0.4, 0.5) is 5.69 Å². The van der Waals surface area contributed by atoms with Gasteiger partial charge in [-0.1, -0.05) is 18.2 Å². The average molecular weight is 394 g/mol. The Labute approximate surface area is 160 Å². The van der Waals surface area contributed by atoms with E-state index >= 15 is 0 Å². The minimum absolute atomic E-state index is 0.208. The van der Waals surface area contributed by atoms with Crippen LogP contribution in [0, 0.1) is 5.92 Å². The Morgan fingerprint density at radius 3 is 2.48 bits per heavy atom. The maximum Gasteiger partial charge on any atom is 0.281 e. The zero-order valence-corrected chi connectivity index (χ0v) is 16.5. The summed E-state index contributed by atoms with van der Waals surface area (Å²) in [5.41, 5.74) is 0.813. The Balaban J connectivity index is 2.01. The highest BCUT2D eigenvalue weighted by Crippen LogP contribution is 2.23. The number of nitrogens with zero attached hydrogens (tertiary/aromatic N) is 2. The van der Waals surface area contributed by atoms with Crippen LogP contribution in [0.2, 0.25) is 0 Å². The molecule has 0 saturated carbocycles. The quantitative estimate of drug-likeness (QED) is 0.676. The third-order valence-electron chi connectivity index (χ3n) is 4.45. The number of carbonyl (C=O) groups is 2. The van der Waals surface area contributed by atoms with Gasteiger partial charge in [-0.25, -0.2) is 0 Å². The van der Waals surface area contributed by atoms with Crippen LogP contribution in [0.5, 0.6) is 0 Å². The van der Waals surface area contributed by atoms with E-state index in [2.05, 4.69) is 17.2 Å². The van der Waals surface area contributed by atoms with Crippen LogP contribution in [0.15, 0.2) is 36.9 Å². The van der Waals surface area contributed by atoms with Crippen molar-refractivity contribution in [3.63, 3.8) is 0 Å². The van der Waals surface area contributed by atoms with Crippen LogP contribution in [-0.4, -0.2) is 62.6 Å². The first-order valence-electron chi connectivity index (χ1n) is 8.74. The fourth-order valence-corrected chi connectivity index (χ4v) is 4.00. The highest BCUT2D eigenvalue weighted by molar-refractivity contribution is 7.86. The van der Waals surface area contributed by atoms with Crippen molar-refractivity contribution >= 4 is 27.7 Å². The Kier molecular flexibility index (Phi) is 7.11. The second-order valence-electron chi connectivity index (χ2n) is 6.50. The van der Waals surface area contributed by atoms with Crippen LogP contribution in [0.1, 0.15) is 23.2 Å². The molecule has 0 radical (unpaired) electrons. The second kappa shape index (κ2) is 9.12. The molecule has 1 aromatic rings. The molecule has 27 heavy (non-hydrogen) atoms. The highest BCUT2D eigenvalue weighted by Gasteiger charge is 2.32. The van der Waals surface area contributed by atoms with Crippen LogP contribution < -0.4 is 10.6 Å². The molecular weight excluding hydrogens is 368 g/mol. The molecule has 1 saturated heterocycles. The summed E-state index contributed by atoms with van der Waals surface area (Å²) in [6.07, 6.45) is 2.45. The predicted molar refractivity (Wildman–Crippen MR) is 105 cm³/mol. The number of hydrogen-bond donors (Lipinski definition) is 2. The summed E-state index contributed by atoms with van der Waals surface area (Å²) in [7, 11) is -0.484. The lowest BCUT2D eigenvalue weighted by atomic mass is 9.97. The van der Waals surface area contributed by atoms with Crippen molar-refractivity contribution in [2.45, 2.75) is 12.8 Å². The number of carbonyl (C=O) groups excluding carboxylic acids is 2. The lowest BCUT2D eigenvalue weighted by Crippen LogP contribution is -2.46. The van der Waals surface area contributed by atoms with E-state index in [9.17, 15) is 18.0 Å². The van der Waals surface area contributed by atoms with Gasteiger partial charge in [0.1, 0.15) is 0 Å². The molecule has 9 heteroatoms. The van der Waals surface area contributed by atoms with Gasteiger partial charge in [0.25, 0.3) is 16.1 Å². The van der Waals surface area contributed by atoms with Crippen molar-refractivity contribution in [2.24, 2.45) is 5.92 Å². The Morgan fingerprint density at radius 1 is 1.26 bits per heavy atom. The minimum Gasteiger partial charge on any atom is -0.349 e. The molecule has 1 aliphatic rings. The fourth-order valence-electron chi connectivity index (χ4n) is 2.86. The topological polar surface area (TPSA) is 98.8 Å². The van der Waals surface area contributed by atoms with Gasteiger partial charge in [-0.05, 0) is 25.0 Å². The summed E-state index contributed by atoms with van der Waals surface area (Å²) < 4.78 is 26.9. The number of anilines is 1. The predicted octanol–water partition coefficient (Wildman–Crippen LogP) is 1.06. The summed E-state index contributed by atoms with van der Waals surface area (Å²) in [5, 5.41) is 5.50. The summed E-state index contributed by atoms with van der Waals surface area (Å²) in [6, 6.07) is 6.78. The van der Waals surface area contributed by atoms with E-state index in [0.29, 0.717) is 43.7 Å². The van der Waals surface area contributed by atoms with E-state index < -0.39 is 10.2 Å². The highest BCUT2D eigenvalue weighted by atomic mass is 32.2. The fraction of sp³-hybridized carbons (Fsp3) is 0.444. The van der Waals surface area contributed by atoms with E-state index in [-0.39, 0.29) is 17.7 Å². The van der Waals surface area contributed by atoms with Gasteiger partial charge >= 0.3 is 0 Å². The first-order chi connectivity index (χ1) is 12.8. The summed E-state index contributed by atoms with van der Waals surface area (Å²) in [4.78, 5) is 24.8. The van der Waals surface area contributed by atoms with E-state index in [0.717, 1.165) is 0 Å². The molecule has 148 valence electrons. The first-order valence-corrected chi connectivity index (χ1v) is 10.1. The molecule has 2 N–H and O–H groups in total. The zero-order valence-electron chi connectivity index (χ0n) is 15.6. The summed E-state index contributed by atoms with van der Waals surface area (Å²) in [6.45, 7) is 4.47. The van der Waals surface area contributed by atoms with E-state index in [1.807, 2.05) is 0 Å². The molecule has 2 amide bonds. The van der Waals surface area contributed by atoms with Gasteiger partial charge in [-0.15, -0.1) is 6.58 Å². The van der Waals surface area contributed by atoms with Crippen molar-refractivity contribution < 1.29 is 18.0 Å². The molecule has 1 heterocycles. The molecule has 0 aliphatic carbocycles. The van der Waals surface area contributed by atoms with Gasteiger partial charge in [0.05, 0.1) is 11.3 Å². The van der Waals surface area contributed by atoms with Crippen LogP contribution in [0.25, 0.3) is 0 Å². The average Bonchev–Trinajstić information content (AvgIpc) is 2.66. The maximum absolute atomic E-state index is 12.6. The molecule has 0 atom stereocenters. The Bertz CT molecular complexity index is 799. The van der Waals surface area contributed by atoms with Gasteiger partial charge in [0.2, 0.25) is 5.91 Å². The van der Waals surface area contributed by atoms with Crippen molar-refractivity contribution in [3.05, 3.63) is 42.5 Å². The number of hydrogen-bond acceptors (Lipinski definition) is 4. The number of rotatable bonds is 7. The lowest BCUT2D eigenvalue weighted by Gasteiger charge is -2.32. The first kappa shape index (κ1) is 21.1. The smallest absolute Gasteiger partial charge is 0.281 e. The molecule has 1 aliphatic heterocycles. The van der Waals surface area contributed by atoms with Crippen molar-refractivity contribution in [1.29, 1.82) is 0 Å². The largest absolute Gasteiger partial charge is 0.349 e. The third kappa shape index (κ3) is 5.15.